The molecule has 0 aromatic heterocycles. The van der Waals surface area contributed by atoms with E-state index in [1.807, 2.05) is 50.2 Å². The number of ether oxygens (including phenoxy) is 2. The molecule has 0 spiro atoms. The molecule has 1 aliphatic carbocycles. The molecule has 1 saturated carbocycles. The Hall–Kier alpha value is -3.41. The Morgan fingerprint density at radius 3 is 2.72 bits per heavy atom. The van der Waals surface area contributed by atoms with E-state index in [9.17, 15) is 9.59 Å². The van der Waals surface area contributed by atoms with Crippen molar-refractivity contribution in [1.29, 1.82) is 0 Å². The van der Waals surface area contributed by atoms with Crippen molar-refractivity contribution in [3.05, 3.63) is 65.4 Å². The highest BCUT2D eigenvalue weighted by molar-refractivity contribution is 6.14. The molecule has 2 aromatic carbocycles. The highest BCUT2D eigenvalue weighted by atomic mass is 16.5. The summed E-state index contributed by atoms with van der Waals surface area (Å²) in [5, 5.41) is 2.98. The van der Waals surface area contributed by atoms with Crippen LogP contribution < -0.4 is 14.8 Å². The number of nitrogens with one attached hydrogen (secondary N) is 1. The van der Waals surface area contributed by atoms with E-state index in [-0.39, 0.29) is 11.7 Å². The van der Waals surface area contributed by atoms with Crippen LogP contribution in [-0.4, -0.2) is 31.1 Å². The summed E-state index contributed by atoms with van der Waals surface area (Å²) in [5.74, 6) is 0.312. The van der Waals surface area contributed by atoms with Gasteiger partial charge in [-0.25, -0.2) is 0 Å². The molecule has 4 rings (SSSR count). The number of aliphatic imine (C=N–C) groups is 1. The Kier molecular flexibility index (Phi) is 6.40. The van der Waals surface area contributed by atoms with Crippen LogP contribution in [0, 0.1) is 5.92 Å². The van der Waals surface area contributed by atoms with E-state index in [0.717, 1.165) is 29.9 Å². The Bertz CT molecular complexity index is 1100. The number of methoxy groups -OCH3 is 1. The van der Waals surface area contributed by atoms with Gasteiger partial charge in [-0.2, -0.15) is 0 Å². The summed E-state index contributed by atoms with van der Waals surface area (Å²) in [6, 6.07) is 15.0. The summed E-state index contributed by atoms with van der Waals surface area (Å²) >= 11 is 0. The molecule has 2 aliphatic rings. The molecule has 6 nitrogen and oxygen atoms in total. The first kappa shape index (κ1) is 21.8. The van der Waals surface area contributed by atoms with Crippen LogP contribution in [0.15, 0.2) is 64.8 Å². The van der Waals surface area contributed by atoms with E-state index in [1.54, 1.807) is 19.2 Å². The van der Waals surface area contributed by atoms with Crippen LogP contribution >= 0.6 is 0 Å². The first-order valence-corrected chi connectivity index (χ1v) is 11.0. The zero-order chi connectivity index (χ0) is 22.7. The summed E-state index contributed by atoms with van der Waals surface area (Å²) < 4.78 is 11.1. The SMILES string of the molecule is CCOc1cccc([C@H]2C(C(=O)Nc3ccccc3OC)=C(C)N=C3CCCC(=O)C32)c1. The number of rotatable bonds is 6. The Morgan fingerprint density at radius 1 is 1.12 bits per heavy atom. The van der Waals surface area contributed by atoms with Gasteiger partial charge < -0.3 is 14.8 Å². The molecule has 6 heteroatoms. The van der Waals surface area contributed by atoms with Gasteiger partial charge in [-0.1, -0.05) is 24.3 Å². The van der Waals surface area contributed by atoms with Crippen LogP contribution in [0.1, 0.15) is 44.6 Å². The molecule has 1 N–H and O–H groups in total. The smallest absolute Gasteiger partial charge is 0.254 e. The molecular weight excluding hydrogens is 404 g/mol. The van der Waals surface area contributed by atoms with Crippen LogP contribution in [0.5, 0.6) is 11.5 Å². The number of allylic oxidation sites excluding steroid dienone is 1. The first-order chi connectivity index (χ1) is 15.5. The maximum Gasteiger partial charge on any atom is 0.254 e. The number of hydrogen-bond acceptors (Lipinski definition) is 5. The second-order valence-electron chi connectivity index (χ2n) is 8.04. The van der Waals surface area contributed by atoms with Gasteiger partial charge in [-0.3, -0.25) is 14.6 Å². The van der Waals surface area contributed by atoms with Gasteiger partial charge in [0.1, 0.15) is 17.3 Å². The van der Waals surface area contributed by atoms with Gasteiger partial charge in [0.15, 0.2) is 0 Å². The number of fused-ring (bicyclic) bond motifs is 1. The quantitative estimate of drug-likeness (QED) is 0.703. The molecule has 1 amide bonds. The summed E-state index contributed by atoms with van der Waals surface area (Å²) in [6.45, 7) is 4.32. The van der Waals surface area contributed by atoms with Gasteiger partial charge in [-0.15, -0.1) is 0 Å². The van der Waals surface area contributed by atoms with Gasteiger partial charge in [-0.05, 0) is 56.5 Å². The standard InChI is InChI=1S/C26H28N2O4/c1-4-32-18-10-7-9-17(15-18)24-23(16(2)27-20-12-8-13-21(29)25(20)24)26(30)28-19-11-5-6-14-22(19)31-3/h5-7,9-11,14-15,24-25H,4,8,12-13H2,1-3H3,(H,28,30)/t24-,25?/m0/s1. The number of carbonyl (C=O) groups is 2. The zero-order valence-corrected chi connectivity index (χ0v) is 18.7. The number of hydrogen-bond donors (Lipinski definition) is 1. The number of para-hydroxylation sites is 2. The first-order valence-electron chi connectivity index (χ1n) is 11.0. The molecule has 0 radical (unpaired) electrons. The van der Waals surface area contributed by atoms with Crippen molar-refractivity contribution in [2.75, 3.05) is 19.0 Å². The highest BCUT2D eigenvalue weighted by Crippen LogP contribution is 2.44. The van der Waals surface area contributed by atoms with E-state index in [4.69, 9.17) is 14.5 Å². The predicted molar refractivity (Wildman–Crippen MR) is 124 cm³/mol. The van der Waals surface area contributed by atoms with Crippen LogP contribution in [0.3, 0.4) is 0 Å². The number of benzene rings is 2. The largest absolute Gasteiger partial charge is 0.495 e. The van der Waals surface area contributed by atoms with Gasteiger partial charge in [0.2, 0.25) is 0 Å². The van der Waals surface area contributed by atoms with Crippen molar-refractivity contribution in [2.45, 2.75) is 39.0 Å². The molecule has 2 atom stereocenters. The van der Waals surface area contributed by atoms with E-state index in [1.165, 1.54) is 0 Å². The summed E-state index contributed by atoms with van der Waals surface area (Å²) in [7, 11) is 1.56. The second-order valence-corrected chi connectivity index (χ2v) is 8.04. The summed E-state index contributed by atoms with van der Waals surface area (Å²) in [4.78, 5) is 31.4. The topological polar surface area (TPSA) is 77.0 Å². The Morgan fingerprint density at radius 2 is 1.94 bits per heavy atom. The second kappa shape index (κ2) is 9.39. The van der Waals surface area contributed by atoms with Crippen molar-refractivity contribution in [3.63, 3.8) is 0 Å². The number of amides is 1. The normalized spacial score (nSPS) is 20.3. The zero-order valence-electron chi connectivity index (χ0n) is 18.7. The monoisotopic (exact) mass is 432 g/mol. The fourth-order valence-corrected chi connectivity index (χ4v) is 4.68. The molecule has 2 aromatic rings. The third kappa shape index (κ3) is 4.17. The molecule has 1 unspecified atom stereocenters. The van der Waals surface area contributed by atoms with Crippen molar-refractivity contribution < 1.29 is 19.1 Å². The molecule has 0 saturated heterocycles. The lowest BCUT2D eigenvalue weighted by Crippen LogP contribution is -2.39. The third-order valence-electron chi connectivity index (χ3n) is 6.04. The lowest BCUT2D eigenvalue weighted by Gasteiger charge is -2.36. The van der Waals surface area contributed by atoms with Crippen molar-refractivity contribution >= 4 is 23.1 Å². The van der Waals surface area contributed by atoms with Crippen molar-refractivity contribution in [3.8, 4) is 11.5 Å². The van der Waals surface area contributed by atoms with Gasteiger partial charge >= 0.3 is 0 Å². The molecular formula is C26H28N2O4. The lowest BCUT2D eigenvalue weighted by atomic mass is 9.69. The van der Waals surface area contributed by atoms with E-state index >= 15 is 0 Å². The van der Waals surface area contributed by atoms with E-state index in [0.29, 0.717) is 35.7 Å². The minimum Gasteiger partial charge on any atom is -0.495 e. The maximum atomic E-state index is 13.6. The summed E-state index contributed by atoms with van der Waals surface area (Å²) in [6.07, 6.45) is 2.08. The van der Waals surface area contributed by atoms with Crippen LogP contribution in [-0.2, 0) is 9.59 Å². The van der Waals surface area contributed by atoms with Crippen molar-refractivity contribution in [2.24, 2.45) is 10.9 Å². The average molecular weight is 433 g/mol. The fourth-order valence-electron chi connectivity index (χ4n) is 4.68. The number of nitrogens with zero attached hydrogens (tertiary/aromatic N) is 1. The highest BCUT2D eigenvalue weighted by Gasteiger charge is 2.43. The summed E-state index contributed by atoms with van der Waals surface area (Å²) in [5.41, 5.74) is 3.48. The maximum absolute atomic E-state index is 13.6. The molecule has 166 valence electrons. The van der Waals surface area contributed by atoms with Gasteiger partial charge in [0.05, 0.1) is 25.3 Å². The van der Waals surface area contributed by atoms with Gasteiger partial charge in [0.25, 0.3) is 5.91 Å². The number of Topliss-reactive ketones (excluding diaryl/α,β-unsaturated/α-hetero) is 1. The average Bonchev–Trinajstić information content (AvgIpc) is 2.79. The molecule has 1 fully saturated rings. The third-order valence-corrected chi connectivity index (χ3v) is 6.04. The Balaban J connectivity index is 1.79. The predicted octanol–water partition coefficient (Wildman–Crippen LogP) is 4.91. The van der Waals surface area contributed by atoms with E-state index in [2.05, 4.69) is 5.32 Å². The Labute approximate surface area is 188 Å². The van der Waals surface area contributed by atoms with E-state index < -0.39 is 11.8 Å². The minimum absolute atomic E-state index is 0.136. The fraction of sp³-hybridized carbons (Fsp3) is 0.346. The molecule has 0 bridgehead atoms. The van der Waals surface area contributed by atoms with Crippen molar-refractivity contribution in [1.82, 2.24) is 0 Å². The van der Waals surface area contributed by atoms with Gasteiger partial charge in [0, 0.05) is 29.3 Å². The number of ketones is 1. The number of carbonyl (C=O) groups excluding carboxylic acids is 2. The minimum atomic E-state index is -0.428. The molecule has 1 heterocycles. The van der Waals surface area contributed by atoms with Crippen LogP contribution in [0.4, 0.5) is 5.69 Å². The van der Waals surface area contributed by atoms with Crippen LogP contribution in [0.2, 0.25) is 0 Å². The molecule has 1 aliphatic heterocycles. The lowest BCUT2D eigenvalue weighted by molar-refractivity contribution is -0.122. The number of anilines is 1. The molecule has 32 heavy (non-hydrogen) atoms. The van der Waals surface area contributed by atoms with Crippen LogP contribution in [0.25, 0.3) is 0 Å².